The lowest BCUT2D eigenvalue weighted by Crippen LogP contribution is -2.16. The molecular formula is C16H15N3OS. The van der Waals surface area contributed by atoms with Gasteiger partial charge in [-0.15, -0.1) is 11.3 Å². The van der Waals surface area contributed by atoms with E-state index in [-0.39, 0.29) is 5.91 Å². The zero-order valence-corrected chi connectivity index (χ0v) is 12.4. The SMILES string of the molecule is Cn1nc(-c2ccccc2)cc1NC(=O)Cc1cccs1. The minimum atomic E-state index is -0.0277. The summed E-state index contributed by atoms with van der Waals surface area (Å²) in [5, 5.41) is 9.31. The highest BCUT2D eigenvalue weighted by molar-refractivity contribution is 7.10. The molecule has 106 valence electrons. The molecule has 0 saturated heterocycles. The standard InChI is InChI=1S/C16H15N3OS/c1-19-15(17-16(20)10-13-8-5-9-21-13)11-14(18-19)12-6-3-2-4-7-12/h2-9,11H,10H2,1H3,(H,17,20). The van der Waals surface area contributed by atoms with E-state index in [2.05, 4.69) is 10.4 Å². The monoisotopic (exact) mass is 297 g/mol. The Kier molecular flexibility index (Phi) is 3.83. The number of nitrogens with one attached hydrogen (secondary N) is 1. The van der Waals surface area contributed by atoms with Crippen LogP contribution in [0.15, 0.2) is 53.9 Å². The smallest absolute Gasteiger partial charge is 0.230 e. The van der Waals surface area contributed by atoms with Crippen LogP contribution in [0.3, 0.4) is 0 Å². The fraction of sp³-hybridized carbons (Fsp3) is 0.125. The number of thiophene rings is 1. The second-order valence-corrected chi connectivity index (χ2v) is 5.74. The average molecular weight is 297 g/mol. The van der Waals surface area contributed by atoms with Gasteiger partial charge in [0.2, 0.25) is 5.91 Å². The minimum absolute atomic E-state index is 0.0277. The van der Waals surface area contributed by atoms with Crippen molar-refractivity contribution < 1.29 is 4.79 Å². The van der Waals surface area contributed by atoms with Gasteiger partial charge in [-0.05, 0) is 11.4 Å². The van der Waals surface area contributed by atoms with Crippen molar-refractivity contribution in [1.82, 2.24) is 9.78 Å². The van der Waals surface area contributed by atoms with E-state index in [1.54, 1.807) is 16.0 Å². The number of benzene rings is 1. The third-order valence-corrected chi connectivity index (χ3v) is 4.01. The van der Waals surface area contributed by atoms with E-state index in [9.17, 15) is 4.79 Å². The number of aryl methyl sites for hydroxylation is 1. The maximum Gasteiger partial charge on any atom is 0.230 e. The molecule has 2 heterocycles. The quantitative estimate of drug-likeness (QED) is 0.803. The number of anilines is 1. The van der Waals surface area contributed by atoms with Crippen molar-refractivity contribution in [3.05, 3.63) is 58.8 Å². The first-order valence-corrected chi connectivity index (χ1v) is 7.52. The van der Waals surface area contributed by atoms with Gasteiger partial charge in [-0.2, -0.15) is 5.10 Å². The van der Waals surface area contributed by atoms with E-state index in [4.69, 9.17) is 0 Å². The van der Waals surface area contributed by atoms with Crippen molar-refractivity contribution in [2.45, 2.75) is 6.42 Å². The van der Waals surface area contributed by atoms with Crippen LogP contribution in [0, 0.1) is 0 Å². The summed E-state index contributed by atoms with van der Waals surface area (Å²) >= 11 is 1.58. The predicted molar refractivity (Wildman–Crippen MR) is 85.3 cm³/mol. The number of aromatic nitrogens is 2. The molecule has 1 amide bonds. The van der Waals surface area contributed by atoms with Crippen LogP contribution in [0.25, 0.3) is 11.3 Å². The van der Waals surface area contributed by atoms with Crippen LogP contribution in [0.2, 0.25) is 0 Å². The molecule has 1 N–H and O–H groups in total. The van der Waals surface area contributed by atoms with Gasteiger partial charge in [0.1, 0.15) is 5.82 Å². The predicted octanol–water partition coefficient (Wildman–Crippen LogP) is 3.33. The molecular weight excluding hydrogens is 282 g/mol. The largest absolute Gasteiger partial charge is 0.311 e. The summed E-state index contributed by atoms with van der Waals surface area (Å²) in [6, 6.07) is 15.7. The van der Waals surface area contributed by atoms with E-state index in [0.29, 0.717) is 12.2 Å². The van der Waals surface area contributed by atoms with Crippen LogP contribution in [0.5, 0.6) is 0 Å². The van der Waals surface area contributed by atoms with E-state index in [0.717, 1.165) is 16.1 Å². The zero-order valence-electron chi connectivity index (χ0n) is 11.6. The number of hydrogen-bond acceptors (Lipinski definition) is 3. The van der Waals surface area contributed by atoms with E-state index >= 15 is 0 Å². The lowest BCUT2D eigenvalue weighted by Gasteiger charge is -2.03. The van der Waals surface area contributed by atoms with E-state index in [1.165, 1.54) is 0 Å². The summed E-state index contributed by atoms with van der Waals surface area (Å²) in [5.41, 5.74) is 1.89. The molecule has 0 aliphatic carbocycles. The number of rotatable bonds is 4. The number of nitrogens with zero attached hydrogens (tertiary/aromatic N) is 2. The highest BCUT2D eigenvalue weighted by Gasteiger charge is 2.10. The Bertz CT molecular complexity index is 732. The molecule has 0 saturated carbocycles. The first-order valence-electron chi connectivity index (χ1n) is 6.64. The molecule has 1 aromatic carbocycles. The van der Waals surface area contributed by atoms with Crippen molar-refractivity contribution in [2.75, 3.05) is 5.32 Å². The fourth-order valence-corrected chi connectivity index (χ4v) is 2.80. The molecule has 3 aromatic rings. The van der Waals surface area contributed by atoms with Gasteiger partial charge in [0.25, 0.3) is 0 Å². The Labute approximate surface area is 127 Å². The highest BCUT2D eigenvalue weighted by Crippen LogP contribution is 2.21. The maximum absolute atomic E-state index is 12.0. The van der Waals surface area contributed by atoms with Crippen molar-refractivity contribution >= 4 is 23.1 Å². The minimum Gasteiger partial charge on any atom is -0.311 e. The van der Waals surface area contributed by atoms with Crippen molar-refractivity contribution in [3.63, 3.8) is 0 Å². The first-order chi connectivity index (χ1) is 10.2. The second kappa shape index (κ2) is 5.93. The lowest BCUT2D eigenvalue weighted by molar-refractivity contribution is -0.115. The van der Waals surface area contributed by atoms with E-state index in [1.807, 2.05) is 61.0 Å². The molecule has 2 aromatic heterocycles. The molecule has 0 fully saturated rings. The number of amides is 1. The van der Waals surface area contributed by atoms with Crippen LogP contribution in [0.1, 0.15) is 4.88 Å². The molecule has 0 aliphatic rings. The Morgan fingerprint density at radius 2 is 2.05 bits per heavy atom. The topological polar surface area (TPSA) is 46.9 Å². The van der Waals surface area contributed by atoms with Crippen molar-refractivity contribution in [2.24, 2.45) is 7.05 Å². The molecule has 0 spiro atoms. The van der Waals surface area contributed by atoms with Crippen LogP contribution >= 0.6 is 11.3 Å². The van der Waals surface area contributed by atoms with Gasteiger partial charge in [-0.3, -0.25) is 9.48 Å². The molecule has 0 bridgehead atoms. The first kappa shape index (κ1) is 13.6. The number of carbonyl (C=O) groups excluding carboxylic acids is 1. The maximum atomic E-state index is 12.0. The molecule has 21 heavy (non-hydrogen) atoms. The van der Waals surface area contributed by atoms with Gasteiger partial charge in [0.15, 0.2) is 0 Å². The van der Waals surface area contributed by atoms with Crippen molar-refractivity contribution in [1.29, 1.82) is 0 Å². The van der Waals surface area contributed by atoms with Gasteiger partial charge in [-0.1, -0.05) is 36.4 Å². The van der Waals surface area contributed by atoms with Crippen LogP contribution in [-0.4, -0.2) is 15.7 Å². The molecule has 3 rings (SSSR count). The van der Waals surface area contributed by atoms with Gasteiger partial charge < -0.3 is 5.32 Å². The highest BCUT2D eigenvalue weighted by atomic mass is 32.1. The Morgan fingerprint density at radius 1 is 1.24 bits per heavy atom. The summed E-state index contributed by atoms with van der Waals surface area (Å²) in [7, 11) is 1.83. The summed E-state index contributed by atoms with van der Waals surface area (Å²) in [6.07, 6.45) is 0.392. The molecule has 0 atom stereocenters. The Morgan fingerprint density at radius 3 is 2.76 bits per heavy atom. The summed E-state index contributed by atoms with van der Waals surface area (Å²) in [6.45, 7) is 0. The fourth-order valence-electron chi connectivity index (χ4n) is 2.09. The third kappa shape index (κ3) is 3.20. The van der Waals surface area contributed by atoms with Crippen molar-refractivity contribution in [3.8, 4) is 11.3 Å². The second-order valence-electron chi connectivity index (χ2n) is 4.71. The van der Waals surface area contributed by atoms with E-state index < -0.39 is 0 Å². The molecule has 0 unspecified atom stereocenters. The zero-order chi connectivity index (χ0) is 14.7. The van der Waals surface area contributed by atoms with Gasteiger partial charge in [-0.25, -0.2) is 0 Å². The lowest BCUT2D eigenvalue weighted by atomic mass is 10.1. The molecule has 0 radical (unpaired) electrons. The van der Waals surface area contributed by atoms with Crippen LogP contribution in [-0.2, 0) is 18.3 Å². The number of hydrogen-bond donors (Lipinski definition) is 1. The van der Waals surface area contributed by atoms with Gasteiger partial charge in [0, 0.05) is 23.6 Å². The molecule has 4 nitrogen and oxygen atoms in total. The average Bonchev–Trinajstić information content (AvgIpc) is 3.11. The van der Waals surface area contributed by atoms with Gasteiger partial charge in [0.05, 0.1) is 12.1 Å². The Balaban J connectivity index is 1.74. The van der Waals surface area contributed by atoms with Crippen LogP contribution < -0.4 is 5.32 Å². The normalized spacial score (nSPS) is 10.5. The molecule has 5 heteroatoms. The summed E-state index contributed by atoms with van der Waals surface area (Å²) < 4.78 is 1.69. The molecule has 0 aliphatic heterocycles. The van der Waals surface area contributed by atoms with Gasteiger partial charge >= 0.3 is 0 Å². The summed E-state index contributed by atoms with van der Waals surface area (Å²) in [4.78, 5) is 13.1. The Hall–Kier alpha value is -2.40. The summed E-state index contributed by atoms with van der Waals surface area (Å²) in [5.74, 6) is 0.676. The van der Waals surface area contributed by atoms with Crippen LogP contribution in [0.4, 0.5) is 5.82 Å². The third-order valence-electron chi connectivity index (χ3n) is 3.13. The number of carbonyl (C=O) groups is 1.